The Morgan fingerprint density at radius 1 is 1.10 bits per heavy atom. The van der Waals surface area contributed by atoms with Crippen molar-refractivity contribution >= 4 is 10.0 Å². The van der Waals surface area contributed by atoms with Gasteiger partial charge in [0.15, 0.2) is 0 Å². The summed E-state index contributed by atoms with van der Waals surface area (Å²) in [6.07, 6.45) is 0.708. The smallest absolute Gasteiger partial charge is 0.240 e. The third-order valence-corrected chi connectivity index (χ3v) is 4.78. The summed E-state index contributed by atoms with van der Waals surface area (Å²) in [5.74, 6) is 1.23. The average molecular weight is 289 g/mol. The number of nitrogens with one attached hydrogen (secondary N) is 1. The molecule has 0 atom stereocenters. The largest absolute Gasteiger partial charge is 0.457 e. The summed E-state index contributed by atoms with van der Waals surface area (Å²) in [6.45, 7) is 2.43. The molecule has 0 bridgehead atoms. The van der Waals surface area contributed by atoms with Gasteiger partial charge in [-0.3, -0.25) is 0 Å². The zero-order valence-electron chi connectivity index (χ0n) is 11.1. The number of hydrogen-bond acceptors (Lipinski definition) is 3. The Balaban J connectivity index is 1.96. The minimum Gasteiger partial charge on any atom is -0.457 e. The van der Waals surface area contributed by atoms with E-state index in [9.17, 15) is 8.42 Å². The monoisotopic (exact) mass is 289 g/mol. The molecule has 4 nitrogen and oxygen atoms in total. The van der Waals surface area contributed by atoms with E-state index >= 15 is 0 Å². The number of benzene rings is 2. The fraction of sp³-hybridized carbons (Fsp3) is 0.200. The normalized spacial score (nSPS) is 16.4. The Morgan fingerprint density at radius 2 is 1.90 bits per heavy atom. The molecule has 104 valence electrons. The first-order chi connectivity index (χ1) is 9.54. The van der Waals surface area contributed by atoms with Crippen LogP contribution in [0.15, 0.2) is 47.4 Å². The van der Waals surface area contributed by atoms with E-state index in [1.807, 2.05) is 43.3 Å². The number of rotatable bonds is 2. The molecule has 0 aliphatic carbocycles. The van der Waals surface area contributed by atoms with Crippen LogP contribution in [0.4, 0.5) is 0 Å². The fourth-order valence-electron chi connectivity index (χ4n) is 2.27. The maximum Gasteiger partial charge on any atom is 0.240 e. The predicted octanol–water partition coefficient (Wildman–Crippen LogP) is 2.62. The van der Waals surface area contributed by atoms with Gasteiger partial charge in [0.05, 0.1) is 4.90 Å². The molecule has 0 aromatic heterocycles. The molecular weight excluding hydrogens is 274 g/mol. The van der Waals surface area contributed by atoms with Crippen LogP contribution in [0.25, 0.3) is 0 Å². The molecule has 3 rings (SSSR count). The van der Waals surface area contributed by atoms with E-state index in [1.54, 1.807) is 6.07 Å². The van der Waals surface area contributed by atoms with Gasteiger partial charge in [-0.25, -0.2) is 13.1 Å². The molecule has 1 heterocycles. The van der Waals surface area contributed by atoms with Crippen molar-refractivity contribution in [2.45, 2.75) is 18.2 Å². The highest BCUT2D eigenvalue weighted by Gasteiger charge is 2.23. The van der Waals surface area contributed by atoms with E-state index in [2.05, 4.69) is 4.72 Å². The van der Waals surface area contributed by atoms with Gasteiger partial charge in [-0.05, 0) is 42.7 Å². The molecule has 1 aliphatic rings. The minimum atomic E-state index is -3.40. The molecule has 0 saturated carbocycles. The van der Waals surface area contributed by atoms with Gasteiger partial charge in [0.1, 0.15) is 11.5 Å². The van der Waals surface area contributed by atoms with E-state index in [0.717, 1.165) is 11.1 Å². The van der Waals surface area contributed by atoms with Crippen molar-refractivity contribution in [1.82, 2.24) is 4.72 Å². The summed E-state index contributed by atoms with van der Waals surface area (Å²) in [4.78, 5) is 0.314. The SMILES string of the molecule is Cc1cccc(Oc2ccc3c(c2)S(=O)(=O)NCC3)c1. The Kier molecular flexibility index (Phi) is 3.23. The summed E-state index contributed by atoms with van der Waals surface area (Å²) in [6, 6.07) is 12.8. The van der Waals surface area contributed by atoms with Gasteiger partial charge in [0.2, 0.25) is 10.0 Å². The van der Waals surface area contributed by atoms with Gasteiger partial charge >= 0.3 is 0 Å². The van der Waals surface area contributed by atoms with Crippen molar-refractivity contribution in [2.24, 2.45) is 0 Å². The van der Waals surface area contributed by atoms with Crippen LogP contribution in [0.2, 0.25) is 0 Å². The second-order valence-electron chi connectivity index (χ2n) is 4.84. The molecule has 1 N–H and O–H groups in total. The van der Waals surface area contributed by atoms with Gasteiger partial charge in [0.25, 0.3) is 0 Å². The quantitative estimate of drug-likeness (QED) is 0.924. The van der Waals surface area contributed by atoms with E-state index in [1.165, 1.54) is 0 Å². The maximum absolute atomic E-state index is 12.0. The first-order valence-corrected chi connectivity index (χ1v) is 7.90. The molecule has 0 unspecified atom stereocenters. The zero-order chi connectivity index (χ0) is 14.2. The Bertz CT molecular complexity index is 753. The van der Waals surface area contributed by atoms with Crippen LogP contribution in [-0.2, 0) is 16.4 Å². The molecule has 0 spiro atoms. The van der Waals surface area contributed by atoms with Gasteiger partial charge in [-0.1, -0.05) is 18.2 Å². The summed E-state index contributed by atoms with van der Waals surface area (Å²) in [7, 11) is -3.40. The van der Waals surface area contributed by atoms with Gasteiger partial charge in [-0.15, -0.1) is 0 Å². The lowest BCUT2D eigenvalue weighted by Gasteiger charge is -2.18. The molecule has 5 heteroatoms. The van der Waals surface area contributed by atoms with Crippen molar-refractivity contribution in [2.75, 3.05) is 6.54 Å². The highest BCUT2D eigenvalue weighted by molar-refractivity contribution is 7.89. The van der Waals surface area contributed by atoms with Crippen LogP contribution in [0.3, 0.4) is 0 Å². The number of aryl methyl sites for hydroxylation is 1. The van der Waals surface area contributed by atoms with Crippen molar-refractivity contribution in [3.8, 4) is 11.5 Å². The molecule has 2 aromatic carbocycles. The second kappa shape index (κ2) is 4.92. The molecule has 20 heavy (non-hydrogen) atoms. The second-order valence-corrected chi connectivity index (χ2v) is 6.57. The van der Waals surface area contributed by atoms with Crippen LogP contribution in [0.1, 0.15) is 11.1 Å². The van der Waals surface area contributed by atoms with Crippen LogP contribution in [0, 0.1) is 6.92 Å². The highest BCUT2D eigenvalue weighted by atomic mass is 32.2. The molecule has 0 radical (unpaired) electrons. The van der Waals surface area contributed by atoms with Crippen LogP contribution in [-0.4, -0.2) is 15.0 Å². The van der Waals surface area contributed by atoms with E-state index in [4.69, 9.17) is 4.74 Å². The van der Waals surface area contributed by atoms with E-state index in [0.29, 0.717) is 29.4 Å². The zero-order valence-corrected chi connectivity index (χ0v) is 11.9. The van der Waals surface area contributed by atoms with Gasteiger partial charge < -0.3 is 4.74 Å². The van der Waals surface area contributed by atoms with Crippen LogP contribution < -0.4 is 9.46 Å². The number of sulfonamides is 1. The van der Waals surface area contributed by atoms with Gasteiger partial charge in [-0.2, -0.15) is 0 Å². The summed E-state index contributed by atoms with van der Waals surface area (Å²) < 4.78 is 32.2. The first-order valence-electron chi connectivity index (χ1n) is 6.42. The van der Waals surface area contributed by atoms with Crippen molar-refractivity contribution < 1.29 is 13.2 Å². The number of fused-ring (bicyclic) bond motifs is 1. The molecule has 0 saturated heterocycles. The summed E-state index contributed by atoms with van der Waals surface area (Å²) in [5, 5.41) is 0. The third-order valence-electron chi connectivity index (χ3n) is 3.24. The van der Waals surface area contributed by atoms with E-state index < -0.39 is 10.0 Å². The molecule has 0 fully saturated rings. The lowest BCUT2D eigenvalue weighted by atomic mass is 10.1. The Labute approximate surface area is 118 Å². The van der Waals surface area contributed by atoms with E-state index in [-0.39, 0.29) is 0 Å². The summed E-state index contributed by atoms with van der Waals surface area (Å²) in [5.41, 5.74) is 1.93. The third kappa shape index (κ3) is 2.55. The van der Waals surface area contributed by atoms with Gasteiger partial charge in [0, 0.05) is 12.6 Å². The fourth-order valence-corrected chi connectivity index (χ4v) is 3.58. The lowest BCUT2D eigenvalue weighted by molar-refractivity contribution is 0.479. The standard InChI is InChI=1S/C15H15NO3S/c1-11-3-2-4-13(9-11)19-14-6-5-12-7-8-16-20(17,18)15(12)10-14/h2-6,9-10,16H,7-8H2,1H3. The lowest BCUT2D eigenvalue weighted by Crippen LogP contribution is -2.31. The number of hydrogen-bond donors (Lipinski definition) is 1. The molecule has 1 aliphatic heterocycles. The summed E-state index contributed by atoms with van der Waals surface area (Å²) >= 11 is 0. The van der Waals surface area contributed by atoms with Crippen molar-refractivity contribution in [1.29, 1.82) is 0 Å². The predicted molar refractivity (Wildman–Crippen MR) is 76.6 cm³/mol. The van der Waals surface area contributed by atoms with Crippen molar-refractivity contribution in [3.63, 3.8) is 0 Å². The average Bonchev–Trinajstić information content (AvgIpc) is 2.39. The molecule has 0 amide bonds. The topological polar surface area (TPSA) is 55.4 Å². The maximum atomic E-state index is 12.0. The number of ether oxygens (including phenoxy) is 1. The van der Waals surface area contributed by atoms with Crippen LogP contribution >= 0.6 is 0 Å². The molecule has 2 aromatic rings. The Hall–Kier alpha value is -1.85. The highest BCUT2D eigenvalue weighted by Crippen LogP contribution is 2.28. The minimum absolute atomic E-state index is 0.314. The Morgan fingerprint density at radius 3 is 2.70 bits per heavy atom. The van der Waals surface area contributed by atoms with Crippen molar-refractivity contribution in [3.05, 3.63) is 53.6 Å². The first kappa shape index (κ1) is 13.1. The molecular formula is C15H15NO3S. The van der Waals surface area contributed by atoms with Crippen LogP contribution in [0.5, 0.6) is 11.5 Å².